The molecule has 1 aromatic heterocycles. The number of hydrogen-bond donors (Lipinski definition) is 1. The molecule has 138 valence electrons. The van der Waals surface area contributed by atoms with Crippen molar-refractivity contribution in [1.82, 2.24) is 15.1 Å². The van der Waals surface area contributed by atoms with Crippen LogP contribution in [0.4, 0.5) is 0 Å². The van der Waals surface area contributed by atoms with E-state index in [0.29, 0.717) is 17.8 Å². The molecule has 1 saturated carbocycles. The van der Waals surface area contributed by atoms with Gasteiger partial charge in [-0.2, -0.15) is 5.10 Å². The third-order valence-electron chi connectivity index (χ3n) is 4.62. The highest BCUT2D eigenvalue weighted by Gasteiger charge is 2.29. The third kappa shape index (κ3) is 4.12. The summed E-state index contributed by atoms with van der Waals surface area (Å²) in [7, 11) is 0. The Morgan fingerprint density at radius 1 is 1.23 bits per heavy atom. The summed E-state index contributed by atoms with van der Waals surface area (Å²) in [4.78, 5) is 24.6. The molecular formula is C20H25N3O3. The van der Waals surface area contributed by atoms with Crippen molar-refractivity contribution in [3.63, 3.8) is 0 Å². The fraction of sp³-hybridized carbons (Fsp3) is 0.450. The number of ether oxygens (including phenoxy) is 1. The maximum absolute atomic E-state index is 12.6. The van der Waals surface area contributed by atoms with E-state index in [1.807, 2.05) is 26.0 Å². The van der Waals surface area contributed by atoms with E-state index in [1.54, 1.807) is 18.5 Å². The summed E-state index contributed by atoms with van der Waals surface area (Å²) in [5.41, 5.74) is 4.09. The lowest BCUT2D eigenvalue weighted by molar-refractivity contribution is -0.129. The Morgan fingerprint density at radius 2 is 1.88 bits per heavy atom. The van der Waals surface area contributed by atoms with Crippen LogP contribution in [0.25, 0.3) is 0 Å². The summed E-state index contributed by atoms with van der Waals surface area (Å²) in [6.07, 6.45) is 1.18. The van der Waals surface area contributed by atoms with E-state index >= 15 is 0 Å². The SMILES string of the molecule is Cc1ccc(Cn2nc(C)c(C(=O)O[C@@H](C)C(=O)NC3CC3)c2C)cc1. The Labute approximate surface area is 153 Å². The first-order chi connectivity index (χ1) is 12.3. The molecule has 1 heterocycles. The van der Waals surface area contributed by atoms with Crippen molar-refractivity contribution in [2.45, 2.75) is 59.2 Å². The van der Waals surface area contributed by atoms with Crippen molar-refractivity contribution in [3.05, 3.63) is 52.3 Å². The van der Waals surface area contributed by atoms with Gasteiger partial charge < -0.3 is 10.1 Å². The molecule has 2 aromatic rings. The Morgan fingerprint density at radius 3 is 2.50 bits per heavy atom. The van der Waals surface area contributed by atoms with Crippen LogP contribution in [0.1, 0.15) is 52.6 Å². The maximum Gasteiger partial charge on any atom is 0.342 e. The summed E-state index contributed by atoms with van der Waals surface area (Å²) in [6, 6.07) is 8.44. The number of benzene rings is 1. The molecule has 0 spiro atoms. The highest BCUT2D eigenvalue weighted by Crippen LogP contribution is 2.20. The summed E-state index contributed by atoms with van der Waals surface area (Å²) in [6.45, 7) is 7.85. The quantitative estimate of drug-likeness (QED) is 0.809. The van der Waals surface area contributed by atoms with Gasteiger partial charge >= 0.3 is 5.97 Å². The van der Waals surface area contributed by atoms with E-state index in [-0.39, 0.29) is 11.9 Å². The van der Waals surface area contributed by atoms with Gasteiger partial charge in [0, 0.05) is 6.04 Å². The topological polar surface area (TPSA) is 73.2 Å². The molecule has 0 aliphatic heterocycles. The number of nitrogens with zero attached hydrogens (tertiary/aromatic N) is 2. The van der Waals surface area contributed by atoms with Gasteiger partial charge in [0.15, 0.2) is 6.10 Å². The van der Waals surface area contributed by atoms with Crippen LogP contribution in [-0.2, 0) is 16.1 Å². The second kappa shape index (κ2) is 7.32. The Hall–Kier alpha value is -2.63. The van der Waals surface area contributed by atoms with E-state index in [1.165, 1.54) is 5.56 Å². The molecular weight excluding hydrogens is 330 g/mol. The van der Waals surface area contributed by atoms with Crippen LogP contribution >= 0.6 is 0 Å². The lowest BCUT2D eigenvalue weighted by Crippen LogP contribution is -2.37. The molecule has 1 N–H and O–H groups in total. The maximum atomic E-state index is 12.6. The number of esters is 1. The third-order valence-corrected chi connectivity index (χ3v) is 4.62. The molecule has 6 heteroatoms. The summed E-state index contributed by atoms with van der Waals surface area (Å²) < 4.78 is 7.16. The number of amides is 1. The molecule has 1 atom stereocenters. The van der Waals surface area contributed by atoms with Crippen LogP contribution in [0, 0.1) is 20.8 Å². The van der Waals surface area contributed by atoms with Crippen molar-refractivity contribution < 1.29 is 14.3 Å². The van der Waals surface area contributed by atoms with Gasteiger partial charge in [0.1, 0.15) is 5.56 Å². The van der Waals surface area contributed by atoms with Crippen LogP contribution < -0.4 is 5.32 Å². The van der Waals surface area contributed by atoms with E-state index in [0.717, 1.165) is 24.1 Å². The van der Waals surface area contributed by atoms with Crippen LogP contribution in [-0.4, -0.2) is 33.8 Å². The lowest BCUT2D eigenvalue weighted by Gasteiger charge is -2.13. The molecule has 0 bridgehead atoms. The number of carbonyl (C=O) groups excluding carboxylic acids is 2. The predicted octanol–water partition coefficient (Wildman–Crippen LogP) is 2.68. The first kappa shape index (κ1) is 18.2. The summed E-state index contributed by atoms with van der Waals surface area (Å²) >= 11 is 0. The first-order valence-electron chi connectivity index (χ1n) is 8.96. The van der Waals surface area contributed by atoms with Gasteiger partial charge in [0.2, 0.25) is 0 Å². The Balaban J connectivity index is 1.70. The molecule has 1 aliphatic carbocycles. The second-order valence-electron chi connectivity index (χ2n) is 7.02. The van der Waals surface area contributed by atoms with Gasteiger partial charge in [0.25, 0.3) is 5.91 Å². The van der Waals surface area contributed by atoms with Gasteiger partial charge in [-0.3, -0.25) is 9.48 Å². The first-order valence-corrected chi connectivity index (χ1v) is 8.96. The largest absolute Gasteiger partial charge is 0.449 e. The molecule has 1 fully saturated rings. The number of aryl methyl sites for hydroxylation is 2. The fourth-order valence-corrected chi connectivity index (χ4v) is 2.83. The van der Waals surface area contributed by atoms with Gasteiger partial charge in [-0.1, -0.05) is 29.8 Å². The zero-order valence-corrected chi connectivity index (χ0v) is 15.7. The van der Waals surface area contributed by atoms with Crippen molar-refractivity contribution in [3.8, 4) is 0 Å². The molecule has 1 aromatic carbocycles. The number of rotatable bonds is 6. The van der Waals surface area contributed by atoms with Crippen molar-refractivity contribution >= 4 is 11.9 Å². The lowest BCUT2D eigenvalue weighted by atomic mass is 10.1. The fourth-order valence-electron chi connectivity index (χ4n) is 2.83. The average Bonchev–Trinajstić information content (AvgIpc) is 3.35. The van der Waals surface area contributed by atoms with Crippen LogP contribution in [0.3, 0.4) is 0 Å². The van der Waals surface area contributed by atoms with E-state index in [2.05, 4.69) is 22.5 Å². The standard InChI is InChI=1S/C20H25N3O3/c1-12-5-7-16(8-6-12)11-23-14(3)18(13(2)22-23)20(25)26-15(4)19(24)21-17-9-10-17/h5-8,15,17H,9-11H2,1-4H3,(H,21,24)/t15-/m0/s1. The van der Waals surface area contributed by atoms with Gasteiger partial charge in [-0.05, 0) is 46.1 Å². The van der Waals surface area contributed by atoms with Crippen molar-refractivity contribution in [2.75, 3.05) is 0 Å². The normalized spacial score (nSPS) is 14.8. The minimum atomic E-state index is -0.817. The molecule has 0 radical (unpaired) electrons. The molecule has 1 aliphatic rings. The van der Waals surface area contributed by atoms with Crippen LogP contribution in [0.15, 0.2) is 24.3 Å². The molecule has 0 unspecified atom stereocenters. The smallest absolute Gasteiger partial charge is 0.342 e. The minimum absolute atomic E-state index is 0.240. The van der Waals surface area contributed by atoms with Crippen LogP contribution in [0.5, 0.6) is 0 Å². The average molecular weight is 355 g/mol. The van der Waals surface area contributed by atoms with Gasteiger partial charge in [-0.15, -0.1) is 0 Å². The second-order valence-corrected chi connectivity index (χ2v) is 7.02. The number of hydrogen-bond acceptors (Lipinski definition) is 4. The zero-order valence-electron chi connectivity index (χ0n) is 15.7. The molecule has 0 saturated heterocycles. The number of carbonyl (C=O) groups is 2. The predicted molar refractivity (Wildman–Crippen MR) is 98.0 cm³/mol. The summed E-state index contributed by atoms with van der Waals surface area (Å²) in [5.74, 6) is -0.753. The highest BCUT2D eigenvalue weighted by atomic mass is 16.5. The van der Waals surface area contributed by atoms with Crippen molar-refractivity contribution in [1.29, 1.82) is 0 Å². The molecule has 1 amide bonds. The van der Waals surface area contributed by atoms with Gasteiger partial charge in [0.05, 0.1) is 17.9 Å². The number of nitrogens with one attached hydrogen (secondary N) is 1. The van der Waals surface area contributed by atoms with Crippen LogP contribution in [0.2, 0.25) is 0 Å². The molecule has 6 nitrogen and oxygen atoms in total. The van der Waals surface area contributed by atoms with E-state index < -0.39 is 12.1 Å². The zero-order chi connectivity index (χ0) is 18.8. The molecule has 3 rings (SSSR count). The minimum Gasteiger partial charge on any atom is -0.449 e. The monoisotopic (exact) mass is 355 g/mol. The van der Waals surface area contributed by atoms with E-state index in [9.17, 15) is 9.59 Å². The Kier molecular flexibility index (Phi) is 5.11. The van der Waals surface area contributed by atoms with E-state index in [4.69, 9.17) is 4.74 Å². The Bertz CT molecular complexity index is 820. The number of aromatic nitrogens is 2. The van der Waals surface area contributed by atoms with Crippen molar-refractivity contribution in [2.24, 2.45) is 0 Å². The highest BCUT2D eigenvalue weighted by molar-refractivity contribution is 5.94. The molecule has 26 heavy (non-hydrogen) atoms. The van der Waals surface area contributed by atoms with Gasteiger partial charge in [-0.25, -0.2) is 4.79 Å². The summed E-state index contributed by atoms with van der Waals surface area (Å²) in [5, 5.41) is 7.32.